The van der Waals surface area contributed by atoms with Crippen LogP contribution >= 0.6 is 0 Å². The Hall–Kier alpha value is -2.22. The van der Waals surface area contributed by atoms with Crippen LogP contribution in [0.15, 0.2) is 24.3 Å². The first kappa shape index (κ1) is 13.2. The molecule has 0 bridgehead atoms. The van der Waals surface area contributed by atoms with Crippen molar-refractivity contribution in [2.45, 2.75) is 32.7 Å². The Bertz CT molecular complexity index is 598. The van der Waals surface area contributed by atoms with Crippen molar-refractivity contribution >= 4 is 0 Å². The van der Waals surface area contributed by atoms with Crippen molar-refractivity contribution < 1.29 is 4.39 Å². The summed E-state index contributed by atoms with van der Waals surface area (Å²) in [6.45, 7) is 2.53. The maximum atomic E-state index is 13.1. The van der Waals surface area contributed by atoms with Gasteiger partial charge in [-0.1, -0.05) is 30.7 Å². The second-order valence-electron chi connectivity index (χ2n) is 4.39. The van der Waals surface area contributed by atoms with Crippen molar-refractivity contribution in [2.75, 3.05) is 0 Å². The zero-order chi connectivity index (χ0) is 13.7. The third-order valence-corrected chi connectivity index (χ3v) is 2.93. The molecule has 19 heavy (non-hydrogen) atoms. The molecule has 0 aliphatic rings. The molecule has 0 fully saturated rings. The maximum absolute atomic E-state index is 13.1. The molecule has 4 nitrogen and oxygen atoms in total. The van der Waals surface area contributed by atoms with Gasteiger partial charge in [-0.2, -0.15) is 5.26 Å². The van der Waals surface area contributed by atoms with E-state index >= 15 is 0 Å². The number of benzene rings is 1. The summed E-state index contributed by atoms with van der Waals surface area (Å²) in [7, 11) is 0. The summed E-state index contributed by atoms with van der Waals surface area (Å²) in [4.78, 5) is 0. The quantitative estimate of drug-likeness (QED) is 0.828. The molecule has 0 radical (unpaired) electrons. The molecule has 1 heterocycles. The van der Waals surface area contributed by atoms with Crippen LogP contribution in [0.1, 0.15) is 36.7 Å². The summed E-state index contributed by atoms with van der Waals surface area (Å²) < 4.78 is 14.8. The molecular weight excluding hydrogens is 243 g/mol. The van der Waals surface area contributed by atoms with Crippen molar-refractivity contribution in [3.8, 4) is 6.07 Å². The van der Waals surface area contributed by atoms with Crippen LogP contribution in [0, 0.1) is 17.1 Å². The smallest absolute Gasteiger partial charge is 0.185 e. The first-order valence-corrected chi connectivity index (χ1v) is 6.31. The Morgan fingerprint density at radius 1 is 1.42 bits per heavy atom. The van der Waals surface area contributed by atoms with Gasteiger partial charge in [-0.25, -0.2) is 9.07 Å². The van der Waals surface area contributed by atoms with Gasteiger partial charge in [-0.05, 0) is 30.5 Å². The highest BCUT2D eigenvalue weighted by atomic mass is 19.1. The molecule has 0 atom stereocenters. The van der Waals surface area contributed by atoms with Gasteiger partial charge in [0.05, 0.1) is 12.2 Å². The molecule has 1 aromatic carbocycles. The van der Waals surface area contributed by atoms with Gasteiger partial charge < -0.3 is 0 Å². The van der Waals surface area contributed by atoms with Gasteiger partial charge in [0.2, 0.25) is 0 Å². The first-order chi connectivity index (χ1) is 9.24. The number of aromatic nitrogens is 3. The van der Waals surface area contributed by atoms with Crippen LogP contribution in [0.4, 0.5) is 4.39 Å². The van der Waals surface area contributed by atoms with E-state index < -0.39 is 0 Å². The third-order valence-electron chi connectivity index (χ3n) is 2.93. The summed E-state index contributed by atoms with van der Waals surface area (Å²) >= 11 is 0. The van der Waals surface area contributed by atoms with Crippen molar-refractivity contribution in [1.82, 2.24) is 15.0 Å². The lowest BCUT2D eigenvalue weighted by atomic mass is 10.1. The normalized spacial score (nSPS) is 10.4. The van der Waals surface area contributed by atoms with E-state index in [0.29, 0.717) is 12.2 Å². The Labute approximate surface area is 111 Å². The number of hydrogen-bond donors (Lipinski definition) is 0. The fourth-order valence-corrected chi connectivity index (χ4v) is 1.95. The van der Waals surface area contributed by atoms with E-state index in [9.17, 15) is 4.39 Å². The predicted octanol–water partition coefficient (Wildman–Crippen LogP) is 2.68. The average Bonchev–Trinajstić information content (AvgIpc) is 2.78. The average molecular weight is 258 g/mol. The number of nitriles is 1. The molecular formula is C14H15FN4. The van der Waals surface area contributed by atoms with Crippen LogP contribution in [-0.2, 0) is 13.0 Å². The van der Waals surface area contributed by atoms with Crippen molar-refractivity contribution in [3.63, 3.8) is 0 Å². The lowest BCUT2D eigenvalue weighted by molar-refractivity contribution is 0.595. The van der Waals surface area contributed by atoms with E-state index in [1.807, 2.05) is 6.07 Å². The summed E-state index contributed by atoms with van der Waals surface area (Å²) in [5.74, 6) is -0.270. The summed E-state index contributed by atoms with van der Waals surface area (Å²) in [6, 6.07) is 8.43. The lowest BCUT2D eigenvalue weighted by Crippen LogP contribution is -2.07. The van der Waals surface area contributed by atoms with Gasteiger partial charge in [0.15, 0.2) is 5.69 Å². The number of halogens is 1. The summed E-state index contributed by atoms with van der Waals surface area (Å²) in [5.41, 5.74) is 2.01. The second-order valence-corrected chi connectivity index (χ2v) is 4.39. The second kappa shape index (κ2) is 6.10. The molecule has 0 amide bonds. The molecule has 0 N–H and O–H groups in total. The highest BCUT2D eigenvalue weighted by molar-refractivity contribution is 5.26. The van der Waals surface area contributed by atoms with Crippen LogP contribution in [0.3, 0.4) is 0 Å². The van der Waals surface area contributed by atoms with Gasteiger partial charge in [0, 0.05) is 0 Å². The molecule has 1 aromatic heterocycles. The largest absolute Gasteiger partial charge is 0.244 e. The van der Waals surface area contributed by atoms with E-state index in [-0.39, 0.29) is 5.82 Å². The molecule has 98 valence electrons. The highest BCUT2D eigenvalue weighted by Gasteiger charge is 2.12. The minimum Gasteiger partial charge on any atom is -0.244 e. The zero-order valence-corrected chi connectivity index (χ0v) is 10.8. The molecule has 2 aromatic rings. The van der Waals surface area contributed by atoms with Crippen LogP contribution < -0.4 is 0 Å². The SMILES string of the molecule is CCCCc1c(C#N)nnn1Cc1cccc(F)c1. The van der Waals surface area contributed by atoms with Gasteiger partial charge in [-0.15, -0.1) is 5.10 Å². The zero-order valence-electron chi connectivity index (χ0n) is 10.8. The molecule has 5 heteroatoms. The fraction of sp³-hybridized carbons (Fsp3) is 0.357. The van der Waals surface area contributed by atoms with E-state index in [2.05, 4.69) is 23.3 Å². The lowest BCUT2D eigenvalue weighted by Gasteiger charge is -2.06. The summed E-state index contributed by atoms with van der Waals surface area (Å²) in [6.07, 6.45) is 2.78. The van der Waals surface area contributed by atoms with E-state index in [4.69, 9.17) is 5.26 Å². The van der Waals surface area contributed by atoms with Gasteiger partial charge in [0.1, 0.15) is 11.9 Å². The summed E-state index contributed by atoms with van der Waals surface area (Å²) in [5, 5.41) is 16.9. The topological polar surface area (TPSA) is 54.5 Å². The fourth-order valence-electron chi connectivity index (χ4n) is 1.95. The molecule has 0 saturated heterocycles. The number of nitrogens with zero attached hydrogens (tertiary/aromatic N) is 4. The van der Waals surface area contributed by atoms with Crippen molar-refractivity contribution in [3.05, 3.63) is 47.0 Å². The Kier molecular flexibility index (Phi) is 4.24. The molecule has 0 unspecified atom stereocenters. The van der Waals surface area contributed by atoms with Gasteiger partial charge in [-0.3, -0.25) is 0 Å². The standard InChI is InChI=1S/C14H15FN4/c1-2-3-7-14-13(9-16)17-18-19(14)10-11-5-4-6-12(15)8-11/h4-6,8H,2-3,7,10H2,1H3. The van der Waals surface area contributed by atoms with Gasteiger partial charge >= 0.3 is 0 Å². The minimum atomic E-state index is -0.270. The third kappa shape index (κ3) is 3.16. The van der Waals surface area contributed by atoms with Gasteiger partial charge in [0.25, 0.3) is 0 Å². The highest BCUT2D eigenvalue weighted by Crippen LogP contribution is 2.12. The number of rotatable bonds is 5. The minimum absolute atomic E-state index is 0.270. The van der Waals surface area contributed by atoms with E-state index in [1.165, 1.54) is 12.1 Å². The van der Waals surface area contributed by atoms with Crippen LogP contribution in [0.25, 0.3) is 0 Å². The maximum Gasteiger partial charge on any atom is 0.185 e. The first-order valence-electron chi connectivity index (χ1n) is 6.31. The van der Waals surface area contributed by atoms with Crippen molar-refractivity contribution in [2.24, 2.45) is 0 Å². The number of unbranched alkanes of at least 4 members (excludes halogenated alkanes) is 1. The van der Waals surface area contributed by atoms with E-state index in [0.717, 1.165) is 30.5 Å². The van der Waals surface area contributed by atoms with Crippen LogP contribution in [0.2, 0.25) is 0 Å². The Balaban J connectivity index is 2.25. The molecule has 0 saturated carbocycles. The Morgan fingerprint density at radius 2 is 2.26 bits per heavy atom. The van der Waals surface area contributed by atoms with E-state index in [1.54, 1.807) is 10.7 Å². The molecule has 0 spiro atoms. The number of hydrogen-bond acceptors (Lipinski definition) is 3. The van der Waals surface area contributed by atoms with Crippen molar-refractivity contribution in [1.29, 1.82) is 5.26 Å². The molecule has 2 rings (SSSR count). The van der Waals surface area contributed by atoms with Crippen LogP contribution in [0.5, 0.6) is 0 Å². The molecule has 0 aliphatic carbocycles. The Morgan fingerprint density at radius 3 is 2.95 bits per heavy atom. The monoisotopic (exact) mass is 258 g/mol. The predicted molar refractivity (Wildman–Crippen MR) is 68.9 cm³/mol. The van der Waals surface area contributed by atoms with Crippen LogP contribution in [-0.4, -0.2) is 15.0 Å². The molecule has 0 aliphatic heterocycles.